The van der Waals surface area contributed by atoms with Gasteiger partial charge in [-0.2, -0.15) is 4.98 Å². The highest BCUT2D eigenvalue weighted by molar-refractivity contribution is 6.30. The van der Waals surface area contributed by atoms with Crippen molar-refractivity contribution in [3.63, 3.8) is 0 Å². The van der Waals surface area contributed by atoms with Crippen LogP contribution in [0.5, 0.6) is 11.9 Å². The third-order valence-electron chi connectivity index (χ3n) is 3.72. The van der Waals surface area contributed by atoms with Crippen molar-refractivity contribution in [2.75, 3.05) is 20.8 Å². The van der Waals surface area contributed by atoms with Gasteiger partial charge >= 0.3 is 6.01 Å². The second kappa shape index (κ2) is 6.02. The van der Waals surface area contributed by atoms with Crippen molar-refractivity contribution in [1.29, 1.82) is 0 Å². The Bertz CT molecular complexity index is 698. The number of nitrogens with zero attached hydrogens (tertiary/aromatic N) is 4. The van der Waals surface area contributed by atoms with Crippen LogP contribution in [0.1, 0.15) is 17.9 Å². The van der Waals surface area contributed by atoms with Crippen LogP contribution in [-0.4, -0.2) is 46.1 Å². The molecule has 0 bridgehead atoms. The van der Waals surface area contributed by atoms with E-state index in [0.717, 1.165) is 12.0 Å². The Labute approximate surface area is 132 Å². The van der Waals surface area contributed by atoms with Gasteiger partial charge in [-0.1, -0.05) is 11.6 Å². The summed E-state index contributed by atoms with van der Waals surface area (Å²) in [6.45, 7) is 0.146. The van der Waals surface area contributed by atoms with E-state index in [1.54, 1.807) is 6.20 Å². The van der Waals surface area contributed by atoms with E-state index in [4.69, 9.17) is 21.1 Å². The molecule has 116 valence electrons. The molecule has 1 N–H and O–H groups in total. The molecule has 0 saturated heterocycles. The Balaban J connectivity index is 2.00. The number of aliphatic hydroxyl groups excluding tert-OH is 1. The van der Waals surface area contributed by atoms with E-state index in [9.17, 15) is 5.11 Å². The molecule has 0 radical (unpaired) electrons. The molecule has 0 unspecified atom stereocenters. The van der Waals surface area contributed by atoms with E-state index < -0.39 is 0 Å². The highest BCUT2D eigenvalue weighted by atomic mass is 35.5. The van der Waals surface area contributed by atoms with Gasteiger partial charge in [0, 0.05) is 12.8 Å². The third-order valence-corrected chi connectivity index (χ3v) is 4.01. The van der Waals surface area contributed by atoms with E-state index in [1.165, 1.54) is 14.2 Å². The monoisotopic (exact) mass is 322 g/mol. The van der Waals surface area contributed by atoms with Gasteiger partial charge in [-0.15, -0.1) is 10.2 Å². The van der Waals surface area contributed by atoms with Crippen molar-refractivity contribution in [2.45, 2.75) is 12.3 Å². The van der Waals surface area contributed by atoms with Gasteiger partial charge in [-0.05, 0) is 29.9 Å². The van der Waals surface area contributed by atoms with Crippen LogP contribution < -0.4 is 9.47 Å². The SMILES string of the molecule is COc1ncc(-c2cc([C@H]3C[C@@H]3CO)c(Cl)nn2)c(OC)n1. The first-order valence-electron chi connectivity index (χ1n) is 6.77. The van der Waals surface area contributed by atoms with Gasteiger partial charge < -0.3 is 14.6 Å². The number of halogens is 1. The zero-order valence-corrected chi connectivity index (χ0v) is 12.9. The van der Waals surface area contributed by atoms with E-state index in [0.29, 0.717) is 22.3 Å². The Morgan fingerprint density at radius 2 is 2.14 bits per heavy atom. The van der Waals surface area contributed by atoms with Crippen LogP contribution in [0.4, 0.5) is 0 Å². The molecule has 0 spiro atoms. The van der Waals surface area contributed by atoms with Crippen molar-refractivity contribution in [2.24, 2.45) is 5.92 Å². The second-order valence-corrected chi connectivity index (χ2v) is 5.40. The van der Waals surface area contributed by atoms with Gasteiger partial charge in [-0.3, -0.25) is 0 Å². The lowest BCUT2D eigenvalue weighted by Gasteiger charge is -2.09. The fourth-order valence-corrected chi connectivity index (χ4v) is 2.63. The molecule has 8 heteroatoms. The number of ether oxygens (including phenoxy) is 2. The molecule has 2 aromatic heterocycles. The third kappa shape index (κ3) is 2.69. The summed E-state index contributed by atoms with van der Waals surface area (Å²) in [5, 5.41) is 17.7. The zero-order chi connectivity index (χ0) is 15.7. The lowest BCUT2D eigenvalue weighted by Crippen LogP contribution is -2.01. The number of methoxy groups -OCH3 is 2. The summed E-state index contributed by atoms with van der Waals surface area (Å²) in [6, 6.07) is 2.06. The Morgan fingerprint density at radius 1 is 1.32 bits per heavy atom. The summed E-state index contributed by atoms with van der Waals surface area (Å²) < 4.78 is 10.2. The maximum absolute atomic E-state index is 9.22. The van der Waals surface area contributed by atoms with Crippen LogP contribution in [0.2, 0.25) is 5.15 Å². The largest absolute Gasteiger partial charge is 0.480 e. The summed E-state index contributed by atoms with van der Waals surface area (Å²) in [6.07, 6.45) is 2.47. The van der Waals surface area contributed by atoms with Crippen LogP contribution >= 0.6 is 11.6 Å². The van der Waals surface area contributed by atoms with E-state index in [-0.39, 0.29) is 24.5 Å². The Kier molecular flexibility index (Phi) is 4.08. The van der Waals surface area contributed by atoms with Gasteiger partial charge in [-0.25, -0.2) is 4.98 Å². The number of hydrogen-bond donors (Lipinski definition) is 1. The van der Waals surface area contributed by atoms with Crippen molar-refractivity contribution in [3.05, 3.63) is 23.0 Å². The average Bonchev–Trinajstić information content (AvgIpc) is 3.34. The molecule has 7 nitrogen and oxygen atoms in total. The van der Waals surface area contributed by atoms with Crippen LogP contribution in [0.15, 0.2) is 12.3 Å². The minimum Gasteiger partial charge on any atom is -0.480 e. The first-order chi connectivity index (χ1) is 10.7. The minimum absolute atomic E-state index is 0.146. The number of aliphatic hydroxyl groups is 1. The fraction of sp³-hybridized carbons (Fsp3) is 0.429. The van der Waals surface area contributed by atoms with Crippen molar-refractivity contribution in [3.8, 4) is 23.1 Å². The summed E-state index contributed by atoms with van der Waals surface area (Å²) in [5.74, 6) is 0.810. The lowest BCUT2D eigenvalue weighted by atomic mass is 10.1. The fourth-order valence-electron chi connectivity index (χ4n) is 2.39. The molecule has 1 fully saturated rings. The predicted molar refractivity (Wildman–Crippen MR) is 79.1 cm³/mol. The average molecular weight is 323 g/mol. The summed E-state index contributed by atoms with van der Waals surface area (Å²) >= 11 is 6.12. The molecule has 3 rings (SSSR count). The zero-order valence-electron chi connectivity index (χ0n) is 12.2. The summed E-state index contributed by atoms with van der Waals surface area (Å²) in [4.78, 5) is 8.21. The normalized spacial score (nSPS) is 19.8. The molecule has 2 aromatic rings. The molecular weight excluding hydrogens is 308 g/mol. The highest BCUT2D eigenvalue weighted by Gasteiger charge is 2.39. The second-order valence-electron chi connectivity index (χ2n) is 5.04. The summed E-state index contributed by atoms with van der Waals surface area (Å²) in [7, 11) is 3.00. The van der Waals surface area contributed by atoms with Crippen LogP contribution in [0, 0.1) is 5.92 Å². The van der Waals surface area contributed by atoms with Crippen LogP contribution in [0.3, 0.4) is 0 Å². The maximum atomic E-state index is 9.22. The smallest absolute Gasteiger partial charge is 0.319 e. The standard InChI is InChI=1S/C14H15ClN4O3/c1-21-13-10(5-16-14(17-13)22-2)11-4-9(12(15)19-18-11)8-3-7(8)6-20/h4-5,7-8,20H,3,6H2,1-2H3/t7-,8+/m1/s1. The van der Waals surface area contributed by atoms with Gasteiger partial charge in [0.1, 0.15) is 5.69 Å². The molecule has 2 heterocycles. The Hall–Kier alpha value is -1.99. The van der Waals surface area contributed by atoms with Crippen LogP contribution in [0.25, 0.3) is 11.3 Å². The molecule has 1 aliphatic carbocycles. The lowest BCUT2D eigenvalue weighted by molar-refractivity contribution is 0.274. The maximum Gasteiger partial charge on any atom is 0.319 e. The first kappa shape index (κ1) is 14.9. The number of hydrogen-bond acceptors (Lipinski definition) is 7. The summed E-state index contributed by atoms with van der Waals surface area (Å²) in [5.41, 5.74) is 2.06. The Morgan fingerprint density at radius 3 is 2.77 bits per heavy atom. The van der Waals surface area contributed by atoms with Gasteiger partial charge in [0.15, 0.2) is 5.15 Å². The van der Waals surface area contributed by atoms with Crippen molar-refractivity contribution in [1.82, 2.24) is 20.2 Å². The van der Waals surface area contributed by atoms with Gasteiger partial charge in [0.05, 0.1) is 19.8 Å². The first-order valence-corrected chi connectivity index (χ1v) is 7.15. The molecule has 1 saturated carbocycles. The van der Waals surface area contributed by atoms with Gasteiger partial charge in [0.2, 0.25) is 5.88 Å². The highest BCUT2D eigenvalue weighted by Crippen LogP contribution is 2.49. The van der Waals surface area contributed by atoms with Crippen molar-refractivity contribution < 1.29 is 14.6 Å². The molecule has 22 heavy (non-hydrogen) atoms. The molecular formula is C14H15ClN4O3. The molecule has 2 atom stereocenters. The van der Waals surface area contributed by atoms with Gasteiger partial charge in [0.25, 0.3) is 0 Å². The quantitative estimate of drug-likeness (QED) is 0.895. The minimum atomic E-state index is 0.146. The number of rotatable bonds is 5. The van der Waals surface area contributed by atoms with E-state index >= 15 is 0 Å². The molecule has 0 aliphatic heterocycles. The van der Waals surface area contributed by atoms with Crippen molar-refractivity contribution >= 4 is 11.6 Å². The van der Waals surface area contributed by atoms with Crippen LogP contribution in [-0.2, 0) is 0 Å². The molecule has 0 amide bonds. The predicted octanol–water partition coefficient (Wildman–Crippen LogP) is 1.70. The molecule has 1 aliphatic rings. The number of aromatic nitrogens is 4. The topological polar surface area (TPSA) is 90.2 Å². The molecule has 0 aromatic carbocycles. The van der Waals surface area contributed by atoms with E-state index in [1.807, 2.05) is 6.07 Å². The van der Waals surface area contributed by atoms with E-state index in [2.05, 4.69) is 20.2 Å².